The Labute approximate surface area is 150 Å². The van der Waals surface area contributed by atoms with Gasteiger partial charge < -0.3 is 4.74 Å². The van der Waals surface area contributed by atoms with Crippen molar-refractivity contribution in [1.82, 2.24) is 0 Å². The molecule has 0 unspecified atom stereocenters. The molecule has 0 aromatic heterocycles. The quantitative estimate of drug-likeness (QED) is 0.455. The smallest absolute Gasteiger partial charge is 0.331 e. The van der Waals surface area contributed by atoms with E-state index in [1.54, 1.807) is 0 Å². The number of rotatable bonds is 7. The number of Topliss-reactive ketones (excluding diaryl/α,β-unsaturated/α-hetero) is 1. The van der Waals surface area contributed by atoms with Crippen LogP contribution in [0, 0.1) is 5.82 Å². The van der Waals surface area contributed by atoms with E-state index in [-0.39, 0.29) is 11.4 Å². The van der Waals surface area contributed by atoms with Crippen molar-refractivity contribution >= 4 is 33.5 Å². The van der Waals surface area contributed by atoms with E-state index in [1.807, 2.05) is 0 Å². The minimum absolute atomic E-state index is 0.277. The number of hydrogen-bond acceptors (Lipinski definition) is 5. The summed E-state index contributed by atoms with van der Waals surface area (Å²) in [6.07, 6.45) is 3.60. The Bertz CT molecular complexity index is 919. The molecule has 0 atom stereocenters. The van der Waals surface area contributed by atoms with Gasteiger partial charge in [0.2, 0.25) is 10.0 Å². The zero-order valence-electron chi connectivity index (χ0n) is 13.8. The van der Waals surface area contributed by atoms with Crippen molar-refractivity contribution in [3.8, 4) is 0 Å². The molecular weight excluding hydrogens is 361 g/mol. The van der Waals surface area contributed by atoms with Gasteiger partial charge in [0.25, 0.3) is 0 Å². The van der Waals surface area contributed by atoms with Crippen LogP contribution in [-0.2, 0) is 19.6 Å². The molecule has 0 heterocycles. The van der Waals surface area contributed by atoms with Crippen molar-refractivity contribution in [3.63, 3.8) is 0 Å². The summed E-state index contributed by atoms with van der Waals surface area (Å²) in [5, 5.41) is 0. The molecule has 0 bridgehead atoms. The number of halogens is 1. The SMILES string of the molecule is CS(=O)(=O)Nc1ccc(C(=O)COC(=O)/C=C/c2ccc(F)cc2)cc1. The lowest BCUT2D eigenvalue weighted by Gasteiger charge is -2.05. The van der Waals surface area contributed by atoms with E-state index in [4.69, 9.17) is 4.74 Å². The first kappa shape index (κ1) is 19.3. The Hall–Kier alpha value is -3.00. The van der Waals surface area contributed by atoms with Gasteiger partial charge in [-0.05, 0) is 48.0 Å². The van der Waals surface area contributed by atoms with Crippen LogP contribution in [-0.4, -0.2) is 33.0 Å². The number of ketones is 1. The predicted octanol–water partition coefficient (Wildman–Crippen LogP) is 2.64. The number of nitrogens with one attached hydrogen (secondary N) is 1. The second-order valence-corrected chi connectivity index (χ2v) is 7.12. The molecule has 2 rings (SSSR count). The maximum atomic E-state index is 12.8. The lowest BCUT2D eigenvalue weighted by atomic mass is 10.1. The third-order valence-electron chi connectivity index (χ3n) is 3.14. The number of anilines is 1. The highest BCUT2D eigenvalue weighted by molar-refractivity contribution is 7.92. The van der Waals surface area contributed by atoms with Gasteiger partial charge >= 0.3 is 5.97 Å². The van der Waals surface area contributed by atoms with Crippen molar-refractivity contribution in [2.45, 2.75) is 0 Å². The van der Waals surface area contributed by atoms with E-state index in [0.717, 1.165) is 12.3 Å². The van der Waals surface area contributed by atoms with Crippen molar-refractivity contribution in [3.05, 3.63) is 71.6 Å². The average Bonchev–Trinajstić information content (AvgIpc) is 2.58. The maximum Gasteiger partial charge on any atom is 0.331 e. The van der Waals surface area contributed by atoms with Gasteiger partial charge in [0.15, 0.2) is 12.4 Å². The normalized spacial score (nSPS) is 11.3. The number of esters is 1. The number of hydrogen-bond donors (Lipinski definition) is 1. The van der Waals surface area contributed by atoms with Gasteiger partial charge in [-0.25, -0.2) is 17.6 Å². The highest BCUT2D eigenvalue weighted by Gasteiger charge is 2.09. The van der Waals surface area contributed by atoms with Gasteiger partial charge in [0.05, 0.1) is 6.26 Å². The van der Waals surface area contributed by atoms with Gasteiger partial charge in [-0.15, -0.1) is 0 Å². The second-order valence-electron chi connectivity index (χ2n) is 5.37. The van der Waals surface area contributed by atoms with E-state index < -0.39 is 28.4 Å². The molecule has 0 saturated carbocycles. The lowest BCUT2D eigenvalue weighted by molar-refractivity contribution is -0.136. The van der Waals surface area contributed by atoms with Gasteiger partial charge in [-0.2, -0.15) is 0 Å². The third kappa shape index (κ3) is 6.48. The van der Waals surface area contributed by atoms with Crippen molar-refractivity contribution < 1.29 is 27.1 Å². The van der Waals surface area contributed by atoms with Gasteiger partial charge in [0, 0.05) is 17.3 Å². The third-order valence-corrected chi connectivity index (χ3v) is 3.74. The van der Waals surface area contributed by atoms with Crippen LogP contribution in [0.25, 0.3) is 6.08 Å². The highest BCUT2D eigenvalue weighted by Crippen LogP contribution is 2.11. The molecule has 0 aliphatic heterocycles. The summed E-state index contributed by atoms with van der Waals surface area (Å²) in [4.78, 5) is 23.6. The Morgan fingerprint density at radius 1 is 1.08 bits per heavy atom. The fraction of sp³-hybridized carbons (Fsp3) is 0.111. The van der Waals surface area contributed by atoms with Gasteiger partial charge in [-0.3, -0.25) is 9.52 Å². The molecule has 0 saturated heterocycles. The number of benzene rings is 2. The molecule has 0 aliphatic carbocycles. The van der Waals surface area contributed by atoms with E-state index in [0.29, 0.717) is 11.3 Å². The minimum atomic E-state index is -3.40. The van der Waals surface area contributed by atoms with E-state index in [9.17, 15) is 22.4 Å². The summed E-state index contributed by atoms with van der Waals surface area (Å²) in [5.74, 6) is -1.52. The average molecular weight is 377 g/mol. The summed E-state index contributed by atoms with van der Waals surface area (Å²) < 4.78 is 42.1. The standard InChI is InChI=1S/C18H16FNO5S/c1-26(23,24)20-16-9-5-14(6-10-16)17(21)12-25-18(22)11-4-13-2-7-15(19)8-3-13/h2-11,20H,12H2,1H3/b11-4+. The molecule has 1 N–H and O–H groups in total. The second kappa shape index (κ2) is 8.39. The summed E-state index contributed by atoms with van der Waals surface area (Å²) >= 11 is 0. The van der Waals surface area contributed by atoms with Gasteiger partial charge in [-0.1, -0.05) is 12.1 Å². The van der Waals surface area contributed by atoms with Crippen LogP contribution in [0.3, 0.4) is 0 Å². The number of carbonyl (C=O) groups is 2. The van der Waals surface area contributed by atoms with Crippen LogP contribution in [0.5, 0.6) is 0 Å². The van der Waals surface area contributed by atoms with Crippen LogP contribution >= 0.6 is 0 Å². The van der Waals surface area contributed by atoms with Crippen LogP contribution in [0.1, 0.15) is 15.9 Å². The van der Waals surface area contributed by atoms with Crippen LogP contribution < -0.4 is 4.72 Å². The largest absolute Gasteiger partial charge is 0.454 e. The molecule has 6 nitrogen and oxygen atoms in total. The molecule has 2 aromatic carbocycles. The first-order valence-electron chi connectivity index (χ1n) is 7.44. The van der Waals surface area contributed by atoms with Crippen molar-refractivity contribution in [2.24, 2.45) is 0 Å². The molecular formula is C18H16FNO5S. The summed E-state index contributed by atoms with van der Waals surface area (Å²) in [6.45, 7) is -0.453. The molecule has 0 amide bonds. The minimum Gasteiger partial charge on any atom is -0.454 e. The molecule has 26 heavy (non-hydrogen) atoms. The maximum absolute atomic E-state index is 12.8. The monoisotopic (exact) mass is 377 g/mol. The molecule has 0 radical (unpaired) electrons. The van der Waals surface area contributed by atoms with Crippen molar-refractivity contribution in [2.75, 3.05) is 17.6 Å². The number of sulfonamides is 1. The lowest BCUT2D eigenvalue weighted by Crippen LogP contribution is -2.13. The van der Waals surface area contributed by atoms with Gasteiger partial charge in [0.1, 0.15) is 5.82 Å². The summed E-state index contributed by atoms with van der Waals surface area (Å²) in [5.41, 5.74) is 1.21. The number of ether oxygens (including phenoxy) is 1. The molecule has 0 fully saturated rings. The van der Waals surface area contributed by atoms with E-state index in [2.05, 4.69) is 4.72 Å². The molecule has 0 spiro atoms. The zero-order valence-corrected chi connectivity index (χ0v) is 14.6. The molecule has 0 aliphatic rings. The fourth-order valence-corrected chi connectivity index (χ4v) is 2.51. The Morgan fingerprint density at radius 2 is 1.69 bits per heavy atom. The molecule has 8 heteroatoms. The Balaban J connectivity index is 1.87. The Morgan fingerprint density at radius 3 is 2.27 bits per heavy atom. The number of carbonyl (C=O) groups excluding carboxylic acids is 2. The van der Waals surface area contributed by atoms with Crippen LogP contribution in [0.15, 0.2) is 54.6 Å². The topological polar surface area (TPSA) is 89.5 Å². The van der Waals surface area contributed by atoms with Crippen molar-refractivity contribution in [1.29, 1.82) is 0 Å². The summed E-state index contributed by atoms with van der Waals surface area (Å²) in [6, 6.07) is 11.2. The molecule has 2 aromatic rings. The summed E-state index contributed by atoms with van der Waals surface area (Å²) in [7, 11) is -3.40. The van der Waals surface area contributed by atoms with Crippen LogP contribution in [0.2, 0.25) is 0 Å². The fourth-order valence-electron chi connectivity index (χ4n) is 1.94. The first-order chi connectivity index (χ1) is 12.2. The van der Waals surface area contributed by atoms with Crippen LogP contribution in [0.4, 0.5) is 10.1 Å². The first-order valence-corrected chi connectivity index (χ1v) is 9.33. The highest BCUT2D eigenvalue weighted by atomic mass is 32.2. The Kier molecular flexibility index (Phi) is 6.24. The zero-order chi connectivity index (χ0) is 19.2. The molecule has 136 valence electrons. The predicted molar refractivity (Wildman–Crippen MR) is 95.6 cm³/mol. The van der Waals surface area contributed by atoms with E-state index >= 15 is 0 Å². The van der Waals surface area contributed by atoms with E-state index in [1.165, 1.54) is 54.6 Å².